The molecule has 9 heteroatoms. The summed E-state index contributed by atoms with van der Waals surface area (Å²) in [6.07, 6.45) is 2.35. The largest absolute Gasteiger partial charge is 0.394 e. The van der Waals surface area contributed by atoms with Crippen LogP contribution in [0.25, 0.3) is 11.2 Å². The molecule has 0 saturated carbocycles. The highest BCUT2D eigenvalue weighted by Gasteiger charge is 2.28. The lowest BCUT2D eigenvalue weighted by molar-refractivity contribution is -0.118. The summed E-state index contributed by atoms with van der Waals surface area (Å²) in [6.45, 7) is 3.45. The lowest BCUT2D eigenvalue weighted by Crippen LogP contribution is -2.22. The van der Waals surface area contributed by atoms with Crippen molar-refractivity contribution in [1.29, 1.82) is 0 Å². The van der Waals surface area contributed by atoms with Crippen molar-refractivity contribution in [2.24, 2.45) is 5.92 Å². The fourth-order valence-corrected chi connectivity index (χ4v) is 2.48. The number of amides is 1. The Morgan fingerprint density at radius 3 is 3.00 bits per heavy atom. The van der Waals surface area contributed by atoms with E-state index in [0.717, 1.165) is 6.42 Å². The van der Waals surface area contributed by atoms with E-state index in [9.17, 15) is 9.59 Å². The molecule has 2 aromatic heterocycles. The van der Waals surface area contributed by atoms with E-state index >= 15 is 0 Å². The molecule has 2 aromatic rings. The summed E-state index contributed by atoms with van der Waals surface area (Å²) in [5.74, 6) is -0.389. The van der Waals surface area contributed by atoms with Crippen LogP contribution in [0.15, 0.2) is 11.1 Å². The molecule has 3 rings (SSSR count). The van der Waals surface area contributed by atoms with Gasteiger partial charge in [0.15, 0.2) is 11.2 Å². The number of anilines is 1. The number of nitrogens with zero attached hydrogens (tertiary/aromatic N) is 3. The van der Waals surface area contributed by atoms with Crippen molar-refractivity contribution in [3.05, 3.63) is 16.7 Å². The number of hydrogen-bond acceptors (Lipinski definition) is 6. The van der Waals surface area contributed by atoms with Crippen LogP contribution in [0.4, 0.5) is 5.95 Å². The lowest BCUT2D eigenvalue weighted by Gasteiger charge is -2.14. The lowest BCUT2D eigenvalue weighted by atomic mass is 10.2. The third-order valence-corrected chi connectivity index (χ3v) is 3.80. The number of H-pyrrole nitrogens is 1. The van der Waals surface area contributed by atoms with Crippen LogP contribution < -0.4 is 10.9 Å². The summed E-state index contributed by atoms with van der Waals surface area (Å²) in [4.78, 5) is 34.7. The molecular weight excluding hydrogens is 302 g/mol. The van der Waals surface area contributed by atoms with Gasteiger partial charge in [-0.1, -0.05) is 13.8 Å². The first-order valence-electron chi connectivity index (χ1n) is 7.53. The maximum absolute atomic E-state index is 12.1. The smallest absolute Gasteiger partial charge is 0.280 e. The van der Waals surface area contributed by atoms with Crippen LogP contribution in [-0.2, 0) is 9.53 Å². The molecule has 0 aromatic carbocycles. The highest BCUT2D eigenvalue weighted by atomic mass is 16.5. The van der Waals surface area contributed by atoms with Gasteiger partial charge < -0.3 is 9.84 Å². The first-order chi connectivity index (χ1) is 11.0. The molecule has 0 aliphatic carbocycles. The van der Waals surface area contributed by atoms with E-state index in [2.05, 4.69) is 20.3 Å². The summed E-state index contributed by atoms with van der Waals surface area (Å²) in [6, 6.07) is 0. The zero-order valence-electron chi connectivity index (χ0n) is 12.9. The number of nitrogens with one attached hydrogen (secondary N) is 2. The van der Waals surface area contributed by atoms with Crippen LogP contribution in [0.5, 0.6) is 0 Å². The number of imidazole rings is 1. The van der Waals surface area contributed by atoms with Gasteiger partial charge in [0.25, 0.3) is 5.56 Å². The summed E-state index contributed by atoms with van der Waals surface area (Å²) < 4.78 is 7.35. The van der Waals surface area contributed by atoms with Gasteiger partial charge in [-0.05, 0) is 12.8 Å². The zero-order valence-corrected chi connectivity index (χ0v) is 12.9. The number of aromatic nitrogens is 4. The summed E-state index contributed by atoms with van der Waals surface area (Å²) >= 11 is 0. The van der Waals surface area contributed by atoms with Gasteiger partial charge in [-0.25, -0.2) is 4.98 Å². The van der Waals surface area contributed by atoms with Crippen LogP contribution in [0.3, 0.4) is 0 Å². The molecule has 3 N–H and O–H groups in total. The third-order valence-electron chi connectivity index (χ3n) is 3.80. The number of fused-ring (bicyclic) bond motifs is 1. The number of rotatable bonds is 4. The number of aliphatic hydroxyl groups is 1. The first kappa shape index (κ1) is 15.6. The van der Waals surface area contributed by atoms with E-state index in [-0.39, 0.29) is 42.2 Å². The van der Waals surface area contributed by atoms with Crippen LogP contribution >= 0.6 is 0 Å². The van der Waals surface area contributed by atoms with Gasteiger partial charge in [0.2, 0.25) is 11.9 Å². The number of hydrogen-bond donors (Lipinski definition) is 3. The van der Waals surface area contributed by atoms with Crippen LogP contribution in [0.1, 0.15) is 32.9 Å². The summed E-state index contributed by atoms with van der Waals surface area (Å²) in [5, 5.41) is 11.7. The predicted molar refractivity (Wildman–Crippen MR) is 81.8 cm³/mol. The predicted octanol–water partition coefficient (Wildman–Crippen LogP) is 0.384. The maximum Gasteiger partial charge on any atom is 0.280 e. The minimum atomic E-state index is -0.426. The van der Waals surface area contributed by atoms with Crippen molar-refractivity contribution in [3.63, 3.8) is 0 Å². The van der Waals surface area contributed by atoms with Gasteiger partial charge in [-0.15, -0.1) is 0 Å². The Kier molecular flexibility index (Phi) is 4.14. The number of aliphatic hydroxyl groups excluding tert-OH is 1. The molecule has 1 aliphatic rings. The molecule has 1 amide bonds. The second-order valence-electron chi connectivity index (χ2n) is 5.86. The molecule has 9 nitrogen and oxygen atoms in total. The fraction of sp³-hybridized carbons (Fsp3) is 0.571. The van der Waals surface area contributed by atoms with Gasteiger partial charge in [-0.2, -0.15) is 4.98 Å². The SMILES string of the molecule is CC(C)C(=O)Nc1nc2c(ncn2[C@H]2CC[C@@H](CO)O2)c(=O)[nH]1. The van der Waals surface area contributed by atoms with Crippen LogP contribution in [-0.4, -0.2) is 43.2 Å². The molecule has 0 bridgehead atoms. The number of carbonyl (C=O) groups is 1. The van der Waals surface area contributed by atoms with Gasteiger partial charge in [0.05, 0.1) is 19.0 Å². The van der Waals surface area contributed by atoms with Gasteiger partial charge in [-0.3, -0.25) is 24.5 Å². The van der Waals surface area contributed by atoms with Crippen molar-refractivity contribution in [2.75, 3.05) is 11.9 Å². The molecule has 1 fully saturated rings. The topological polar surface area (TPSA) is 122 Å². The first-order valence-corrected chi connectivity index (χ1v) is 7.53. The van der Waals surface area contributed by atoms with Gasteiger partial charge >= 0.3 is 0 Å². The monoisotopic (exact) mass is 321 g/mol. The van der Waals surface area contributed by atoms with Crippen molar-refractivity contribution < 1.29 is 14.6 Å². The minimum absolute atomic E-state index is 0.0488. The van der Waals surface area contributed by atoms with Crippen molar-refractivity contribution in [3.8, 4) is 0 Å². The molecule has 23 heavy (non-hydrogen) atoms. The second-order valence-corrected chi connectivity index (χ2v) is 5.86. The molecule has 124 valence electrons. The summed E-state index contributed by atoms with van der Waals surface area (Å²) in [5.41, 5.74) is 0.101. The van der Waals surface area contributed by atoms with E-state index < -0.39 is 5.56 Å². The minimum Gasteiger partial charge on any atom is -0.394 e. The Morgan fingerprint density at radius 1 is 1.57 bits per heavy atom. The van der Waals surface area contributed by atoms with E-state index in [1.165, 1.54) is 6.33 Å². The fourth-order valence-electron chi connectivity index (χ4n) is 2.48. The molecule has 0 radical (unpaired) electrons. The van der Waals surface area contributed by atoms with Gasteiger partial charge in [0.1, 0.15) is 6.23 Å². The Balaban J connectivity index is 1.96. The van der Waals surface area contributed by atoms with Gasteiger partial charge in [0, 0.05) is 5.92 Å². The van der Waals surface area contributed by atoms with Crippen LogP contribution in [0.2, 0.25) is 0 Å². The standard InChI is InChI=1S/C14H19N5O4/c1-7(2)12(21)17-14-16-11-10(13(22)18-14)15-6-19(11)9-4-3-8(5-20)23-9/h6-9,20H,3-5H2,1-2H3,(H2,16,17,18,21,22)/t8-,9+/m0/s1. The summed E-state index contributed by atoms with van der Waals surface area (Å²) in [7, 11) is 0. The van der Waals surface area contributed by atoms with Crippen LogP contribution in [0, 0.1) is 5.92 Å². The molecular formula is C14H19N5O4. The van der Waals surface area contributed by atoms with E-state index in [1.807, 2.05) is 0 Å². The normalized spacial score (nSPS) is 21.2. The molecule has 0 spiro atoms. The second kappa shape index (κ2) is 6.09. The molecule has 1 saturated heterocycles. The Morgan fingerprint density at radius 2 is 2.35 bits per heavy atom. The van der Waals surface area contributed by atoms with E-state index in [4.69, 9.17) is 9.84 Å². The maximum atomic E-state index is 12.1. The average Bonchev–Trinajstić information content (AvgIpc) is 3.12. The van der Waals surface area contributed by atoms with Crippen molar-refractivity contribution >= 4 is 23.0 Å². The third kappa shape index (κ3) is 2.97. The quantitative estimate of drug-likeness (QED) is 0.748. The van der Waals surface area contributed by atoms with E-state index in [0.29, 0.717) is 12.1 Å². The average molecular weight is 321 g/mol. The Hall–Kier alpha value is -2.26. The highest BCUT2D eigenvalue weighted by Crippen LogP contribution is 2.29. The molecule has 3 heterocycles. The number of carbonyl (C=O) groups excluding carboxylic acids is 1. The van der Waals surface area contributed by atoms with Crippen molar-refractivity contribution in [1.82, 2.24) is 19.5 Å². The molecule has 2 atom stereocenters. The molecule has 1 aliphatic heterocycles. The Labute approximate surface area is 131 Å². The number of ether oxygens (including phenoxy) is 1. The highest BCUT2D eigenvalue weighted by molar-refractivity contribution is 5.91. The van der Waals surface area contributed by atoms with E-state index in [1.54, 1.807) is 18.4 Å². The Bertz CT molecular complexity index is 781. The number of aromatic amines is 1. The van der Waals surface area contributed by atoms with Crippen molar-refractivity contribution in [2.45, 2.75) is 39.0 Å². The zero-order chi connectivity index (χ0) is 16.6. The molecule has 0 unspecified atom stereocenters.